The van der Waals surface area contributed by atoms with Gasteiger partial charge in [-0.05, 0) is 39.3 Å². The van der Waals surface area contributed by atoms with Crippen molar-refractivity contribution in [3.63, 3.8) is 0 Å². The first-order chi connectivity index (χ1) is 9.58. The molecule has 0 unspecified atom stereocenters. The van der Waals surface area contributed by atoms with Crippen molar-refractivity contribution in [1.82, 2.24) is 19.9 Å². The maximum absolute atomic E-state index is 12.0. The number of aromatic nitrogens is 3. The van der Waals surface area contributed by atoms with Crippen LogP contribution in [0.1, 0.15) is 36.5 Å². The van der Waals surface area contributed by atoms with Gasteiger partial charge in [0.05, 0.1) is 6.10 Å². The van der Waals surface area contributed by atoms with Crippen LogP contribution in [0, 0.1) is 6.92 Å². The second-order valence-electron chi connectivity index (χ2n) is 4.92. The SMILES string of the molecule is Cc1nnc2cc(C(=O)NCCCOC(C)C)ccn12. The van der Waals surface area contributed by atoms with Crippen molar-refractivity contribution in [2.45, 2.75) is 33.3 Å². The number of nitrogens with zero attached hydrogens (tertiary/aromatic N) is 3. The Morgan fingerprint density at radius 2 is 2.25 bits per heavy atom. The summed E-state index contributed by atoms with van der Waals surface area (Å²) in [5.41, 5.74) is 1.27. The number of pyridine rings is 1. The molecular formula is C14H20N4O2. The van der Waals surface area contributed by atoms with E-state index in [1.165, 1.54) is 0 Å². The van der Waals surface area contributed by atoms with E-state index < -0.39 is 0 Å². The Morgan fingerprint density at radius 1 is 1.45 bits per heavy atom. The van der Waals surface area contributed by atoms with E-state index in [2.05, 4.69) is 15.5 Å². The van der Waals surface area contributed by atoms with Crippen LogP contribution in [0.15, 0.2) is 18.3 Å². The highest BCUT2D eigenvalue weighted by Gasteiger charge is 2.08. The predicted molar refractivity (Wildman–Crippen MR) is 75.8 cm³/mol. The van der Waals surface area contributed by atoms with Gasteiger partial charge in [0.15, 0.2) is 5.65 Å². The zero-order valence-electron chi connectivity index (χ0n) is 12.1. The average molecular weight is 276 g/mol. The summed E-state index contributed by atoms with van der Waals surface area (Å²) in [4.78, 5) is 12.0. The van der Waals surface area contributed by atoms with Gasteiger partial charge in [0.1, 0.15) is 5.82 Å². The van der Waals surface area contributed by atoms with Crippen LogP contribution in [0.3, 0.4) is 0 Å². The molecule has 0 aliphatic rings. The fraction of sp³-hybridized carbons (Fsp3) is 0.500. The van der Waals surface area contributed by atoms with Gasteiger partial charge in [-0.1, -0.05) is 0 Å². The third-order valence-electron chi connectivity index (χ3n) is 2.90. The molecule has 0 radical (unpaired) electrons. The van der Waals surface area contributed by atoms with E-state index in [1.54, 1.807) is 18.3 Å². The second-order valence-corrected chi connectivity index (χ2v) is 4.92. The lowest BCUT2D eigenvalue weighted by Crippen LogP contribution is -2.25. The van der Waals surface area contributed by atoms with Crippen molar-refractivity contribution in [1.29, 1.82) is 0 Å². The lowest BCUT2D eigenvalue weighted by molar-refractivity contribution is 0.0757. The van der Waals surface area contributed by atoms with Crippen LogP contribution in [0.5, 0.6) is 0 Å². The lowest BCUT2D eigenvalue weighted by Gasteiger charge is -2.08. The van der Waals surface area contributed by atoms with Gasteiger partial charge < -0.3 is 10.1 Å². The Kier molecular flexibility index (Phi) is 4.68. The summed E-state index contributed by atoms with van der Waals surface area (Å²) in [6, 6.07) is 3.50. The van der Waals surface area contributed by atoms with Gasteiger partial charge in [0.25, 0.3) is 5.91 Å². The Balaban J connectivity index is 1.87. The first kappa shape index (κ1) is 14.5. The largest absolute Gasteiger partial charge is 0.379 e. The number of aryl methyl sites for hydroxylation is 1. The molecule has 0 aromatic carbocycles. The number of fused-ring (bicyclic) bond motifs is 1. The molecule has 0 saturated carbocycles. The predicted octanol–water partition coefficient (Wildman–Crippen LogP) is 1.58. The standard InChI is InChI=1S/C14H20N4O2/c1-10(2)20-8-4-6-15-14(19)12-5-7-18-11(3)16-17-13(18)9-12/h5,7,9-10H,4,6,8H2,1-3H3,(H,15,19). The summed E-state index contributed by atoms with van der Waals surface area (Å²) in [6.07, 6.45) is 2.83. The molecule has 0 spiro atoms. The molecule has 2 rings (SSSR count). The van der Waals surface area contributed by atoms with Crippen LogP contribution in [0.2, 0.25) is 0 Å². The number of amides is 1. The molecule has 0 aliphatic carbocycles. The highest BCUT2D eigenvalue weighted by atomic mass is 16.5. The first-order valence-corrected chi connectivity index (χ1v) is 6.79. The Hall–Kier alpha value is -1.95. The molecule has 1 amide bonds. The van der Waals surface area contributed by atoms with E-state index >= 15 is 0 Å². The number of hydrogen-bond donors (Lipinski definition) is 1. The topological polar surface area (TPSA) is 68.5 Å². The number of ether oxygens (including phenoxy) is 1. The Bertz CT molecular complexity index is 592. The zero-order valence-corrected chi connectivity index (χ0v) is 12.1. The number of carbonyl (C=O) groups excluding carboxylic acids is 1. The van der Waals surface area contributed by atoms with E-state index in [9.17, 15) is 4.79 Å². The molecule has 1 N–H and O–H groups in total. The van der Waals surface area contributed by atoms with E-state index in [4.69, 9.17) is 4.74 Å². The van der Waals surface area contributed by atoms with Crippen LogP contribution in [0.25, 0.3) is 5.65 Å². The molecule has 0 bridgehead atoms. The van der Waals surface area contributed by atoms with Gasteiger partial charge in [-0.25, -0.2) is 0 Å². The van der Waals surface area contributed by atoms with Crippen molar-refractivity contribution in [3.05, 3.63) is 29.7 Å². The van der Waals surface area contributed by atoms with E-state index in [0.29, 0.717) is 24.4 Å². The van der Waals surface area contributed by atoms with E-state index in [-0.39, 0.29) is 12.0 Å². The molecule has 6 nitrogen and oxygen atoms in total. The summed E-state index contributed by atoms with van der Waals surface area (Å²) >= 11 is 0. The summed E-state index contributed by atoms with van der Waals surface area (Å²) in [5.74, 6) is 0.704. The number of carbonyl (C=O) groups is 1. The molecule has 20 heavy (non-hydrogen) atoms. The molecule has 2 aromatic rings. The van der Waals surface area contributed by atoms with Crippen molar-refractivity contribution < 1.29 is 9.53 Å². The van der Waals surface area contributed by atoms with E-state index in [1.807, 2.05) is 25.2 Å². The van der Waals surface area contributed by atoms with Crippen LogP contribution >= 0.6 is 0 Å². The zero-order chi connectivity index (χ0) is 14.5. The Labute approximate surface area is 118 Å². The van der Waals surface area contributed by atoms with Crippen LogP contribution < -0.4 is 5.32 Å². The Morgan fingerprint density at radius 3 is 3.00 bits per heavy atom. The second kappa shape index (κ2) is 6.47. The number of nitrogens with one attached hydrogen (secondary N) is 1. The minimum absolute atomic E-state index is 0.0994. The average Bonchev–Trinajstić information content (AvgIpc) is 2.79. The molecular weight excluding hydrogens is 256 g/mol. The van der Waals surface area contributed by atoms with E-state index in [0.717, 1.165) is 12.2 Å². The van der Waals surface area contributed by atoms with Crippen molar-refractivity contribution in [3.8, 4) is 0 Å². The highest BCUT2D eigenvalue weighted by molar-refractivity contribution is 5.94. The van der Waals surface area contributed by atoms with Crippen LogP contribution in [0.4, 0.5) is 0 Å². The molecule has 0 saturated heterocycles. The molecule has 108 valence electrons. The fourth-order valence-corrected chi connectivity index (χ4v) is 1.85. The minimum Gasteiger partial charge on any atom is -0.379 e. The summed E-state index contributed by atoms with van der Waals surface area (Å²) in [5, 5.41) is 10.8. The van der Waals surface area contributed by atoms with Crippen molar-refractivity contribution in [2.24, 2.45) is 0 Å². The molecule has 6 heteroatoms. The van der Waals surface area contributed by atoms with Crippen LogP contribution in [-0.2, 0) is 4.74 Å². The molecule has 0 fully saturated rings. The monoisotopic (exact) mass is 276 g/mol. The summed E-state index contributed by atoms with van der Waals surface area (Å²) in [6.45, 7) is 7.11. The normalized spacial score (nSPS) is 11.2. The third-order valence-corrected chi connectivity index (χ3v) is 2.90. The van der Waals surface area contributed by atoms with Gasteiger partial charge in [0, 0.05) is 24.9 Å². The highest BCUT2D eigenvalue weighted by Crippen LogP contribution is 2.06. The number of rotatable bonds is 6. The third kappa shape index (κ3) is 3.54. The van der Waals surface area contributed by atoms with Gasteiger partial charge >= 0.3 is 0 Å². The molecule has 2 heterocycles. The summed E-state index contributed by atoms with van der Waals surface area (Å²) in [7, 11) is 0. The van der Waals surface area contributed by atoms with Gasteiger partial charge in [0.2, 0.25) is 0 Å². The maximum atomic E-state index is 12.0. The van der Waals surface area contributed by atoms with Gasteiger partial charge in [-0.2, -0.15) is 0 Å². The van der Waals surface area contributed by atoms with Gasteiger partial charge in [-0.15, -0.1) is 10.2 Å². The van der Waals surface area contributed by atoms with Crippen molar-refractivity contribution in [2.75, 3.05) is 13.2 Å². The lowest BCUT2D eigenvalue weighted by atomic mass is 10.2. The number of hydrogen-bond acceptors (Lipinski definition) is 4. The van der Waals surface area contributed by atoms with Gasteiger partial charge in [-0.3, -0.25) is 9.20 Å². The fourth-order valence-electron chi connectivity index (χ4n) is 1.85. The maximum Gasteiger partial charge on any atom is 0.251 e. The quantitative estimate of drug-likeness (QED) is 0.813. The smallest absolute Gasteiger partial charge is 0.251 e. The molecule has 0 atom stereocenters. The summed E-state index contributed by atoms with van der Waals surface area (Å²) < 4.78 is 7.26. The molecule has 0 aliphatic heterocycles. The van der Waals surface area contributed by atoms with Crippen LogP contribution in [-0.4, -0.2) is 39.8 Å². The first-order valence-electron chi connectivity index (χ1n) is 6.79. The molecule has 2 aromatic heterocycles. The minimum atomic E-state index is -0.0994. The van der Waals surface area contributed by atoms with Crippen molar-refractivity contribution >= 4 is 11.6 Å².